The van der Waals surface area contributed by atoms with Gasteiger partial charge in [-0.2, -0.15) is 12.1 Å². The van der Waals surface area contributed by atoms with Gasteiger partial charge >= 0.3 is 60.1 Å². The second kappa shape index (κ2) is 10.9. The Kier molecular flexibility index (Phi) is 9.29. The number of hydrogen-bond donors (Lipinski definition) is 0. The molecule has 0 aliphatic rings. The maximum Gasteiger partial charge on any atom is -0.0579 e. The normalized spacial score (nSPS) is 9.92. The second-order valence-corrected chi connectivity index (χ2v) is 40.5. The van der Waals surface area contributed by atoms with Gasteiger partial charge in [0.2, 0.25) is 0 Å². The summed E-state index contributed by atoms with van der Waals surface area (Å²) in [6, 6.07) is 25.7. The largest absolute Gasteiger partial charge is 0.165 e. The zero-order valence-corrected chi connectivity index (χ0v) is 22.1. The van der Waals surface area contributed by atoms with Crippen molar-refractivity contribution in [1.29, 1.82) is 0 Å². The van der Waals surface area contributed by atoms with E-state index in [0.29, 0.717) is 0 Å². The minimum Gasteiger partial charge on any atom is -0.165 e. The van der Waals surface area contributed by atoms with Gasteiger partial charge in [-0.15, -0.1) is 81.2 Å². The summed E-state index contributed by atoms with van der Waals surface area (Å²) in [5.41, 5.74) is 2.69. The van der Waals surface area contributed by atoms with Crippen molar-refractivity contribution in [3.05, 3.63) is 83.9 Å². The fourth-order valence-electron chi connectivity index (χ4n) is 2.61. The first kappa shape index (κ1) is 22.1. The van der Waals surface area contributed by atoms with E-state index in [4.69, 9.17) is 8.51 Å². The molecule has 0 N–H and O–H groups in total. The molecule has 136 valence electrons. The molecule has 0 unspecified atom stereocenters. The Bertz CT molecular complexity index is 857. The van der Waals surface area contributed by atoms with Gasteiger partial charge in [0.15, 0.2) is 0 Å². The Morgan fingerprint density at radius 1 is 0.808 bits per heavy atom. The molecule has 0 bridgehead atoms. The van der Waals surface area contributed by atoms with Crippen molar-refractivity contribution in [3.8, 4) is 0 Å². The second-order valence-electron chi connectivity index (χ2n) is 6.58. The molecule has 0 amide bonds. The molecule has 0 saturated carbocycles. The van der Waals surface area contributed by atoms with Gasteiger partial charge in [-0.05, 0) is 0 Å². The quantitative estimate of drug-likeness (QED) is 0.114. The summed E-state index contributed by atoms with van der Waals surface area (Å²) >= 11 is 1.28. The van der Waals surface area contributed by atoms with Crippen LogP contribution in [0.2, 0.25) is 13.1 Å². The van der Waals surface area contributed by atoms with Crippen LogP contribution in [0.1, 0.15) is 11.1 Å². The van der Waals surface area contributed by atoms with E-state index in [1.165, 1.54) is 32.7 Å². The van der Waals surface area contributed by atoms with E-state index in [2.05, 4.69) is 118 Å². The molecule has 26 heavy (non-hydrogen) atoms. The summed E-state index contributed by atoms with van der Waals surface area (Å²) in [5.74, 6) is 0. The summed E-state index contributed by atoms with van der Waals surface area (Å²) in [5, 5.41) is 5.39. The van der Waals surface area contributed by atoms with Crippen LogP contribution in [0.4, 0.5) is 0 Å². The minimum atomic E-state index is -1.16. The first-order valence-corrected chi connectivity index (χ1v) is 25.3. The van der Waals surface area contributed by atoms with Gasteiger partial charge in [-0.3, -0.25) is 0 Å². The zero-order valence-electron chi connectivity index (χ0n) is 15.7. The molecule has 0 aliphatic carbocycles. The van der Waals surface area contributed by atoms with Gasteiger partial charge in [0, 0.05) is 0 Å². The number of fused-ring (bicyclic) bond motifs is 2. The van der Waals surface area contributed by atoms with E-state index in [1.54, 1.807) is 0 Å². The molecule has 4 heteroatoms. The van der Waals surface area contributed by atoms with E-state index < -0.39 is 15.0 Å². The van der Waals surface area contributed by atoms with Crippen LogP contribution in [0.3, 0.4) is 0 Å². The molecule has 4 aromatic carbocycles. The van der Waals surface area contributed by atoms with Crippen LogP contribution in [0.5, 0.6) is 0 Å². The van der Waals surface area contributed by atoms with Crippen LogP contribution < -0.4 is 0 Å². The number of hydrogen-bond acceptors (Lipinski definition) is 0. The first-order valence-electron chi connectivity index (χ1n) is 8.59. The van der Waals surface area contributed by atoms with Gasteiger partial charge in [0.1, 0.15) is 0 Å². The number of benzene rings is 2. The average molecular weight is 570 g/mol. The molecule has 0 saturated heterocycles. The SMILES string of the molecule is C[Si](C)=[Zr]([Cl])[I].Cc1cc2ccccc2[cH-]1.Cc1cc2ccccc2[cH-]1. The van der Waals surface area contributed by atoms with Crippen LogP contribution in [-0.4, -0.2) is 5.43 Å². The Hall–Kier alpha value is -0.220. The summed E-state index contributed by atoms with van der Waals surface area (Å²) in [6.07, 6.45) is 0. The molecule has 0 heterocycles. The van der Waals surface area contributed by atoms with Crippen LogP contribution in [0.15, 0.2) is 72.8 Å². The first-order chi connectivity index (χ1) is 12.4. The third kappa shape index (κ3) is 7.07. The fraction of sp³-hybridized carbons (Fsp3) is 0.182. The summed E-state index contributed by atoms with van der Waals surface area (Å²) in [7, 11) is 5.84. The van der Waals surface area contributed by atoms with Crippen molar-refractivity contribution >= 4 is 53.5 Å². The van der Waals surface area contributed by atoms with Crippen molar-refractivity contribution in [2.75, 3.05) is 0 Å². The number of halogens is 2. The van der Waals surface area contributed by atoms with Crippen molar-refractivity contribution in [2.45, 2.75) is 26.9 Å². The predicted octanol–water partition coefficient (Wildman–Crippen LogP) is 8.09. The van der Waals surface area contributed by atoms with Gasteiger partial charge in [-0.1, -0.05) is 26.0 Å². The summed E-state index contributed by atoms with van der Waals surface area (Å²) in [6.45, 7) is 8.83. The summed E-state index contributed by atoms with van der Waals surface area (Å²) in [4.78, 5) is 0. The third-order valence-corrected chi connectivity index (χ3v) is 36.1. The van der Waals surface area contributed by atoms with Crippen LogP contribution in [-0.2, 0) is 15.0 Å². The molecule has 0 spiro atoms. The van der Waals surface area contributed by atoms with Crippen molar-refractivity contribution < 1.29 is 15.0 Å². The molecule has 0 atom stereocenters. The monoisotopic (exact) mass is 568 g/mol. The van der Waals surface area contributed by atoms with E-state index in [1.807, 2.05) is 0 Å². The molecule has 4 aromatic rings. The van der Waals surface area contributed by atoms with Crippen LogP contribution in [0, 0.1) is 13.8 Å². The maximum absolute atomic E-state index is 5.84. The molecule has 0 aliphatic heterocycles. The zero-order chi connectivity index (χ0) is 19.1. The fourth-order valence-corrected chi connectivity index (χ4v) is 2.61. The van der Waals surface area contributed by atoms with Crippen LogP contribution >= 0.6 is 26.6 Å². The molecular formula is C22H24ClISiZr-2. The average Bonchev–Trinajstić information content (AvgIpc) is 3.16. The maximum atomic E-state index is 5.84. The molecular weight excluding hydrogens is 546 g/mol. The van der Waals surface area contributed by atoms with Gasteiger partial charge in [-0.25, -0.2) is 0 Å². The van der Waals surface area contributed by atoms with E-state index >= 15 is 0 Å². The number of rotatable bonds is 0. The summed E-state index contributed by atoms with van der Waals surface area (Å²) < 4.78 is 0. The molecule has 4 rings (SSSR count). The third-order valence-electron chi connectivity index (χ3n) is 3.90. The molecule has 0 nitrogen and oxygen atoms in total. The Morgan fingerprint density at radius 2 is 1.15 bits per heavy atom. The molecule has 0 fully saturated rings. The van der Waals surface area contributed by atoms with Crippen molar-refractivity contribution in [1.82, 2.24) is 0 Å². The minimum absolute atomic E-state index is 0.00288. The Balaban J connectivity index is 0.000000146. The van der Waals surface area contributed by atoms with E-state index in [0.717, 1.165) is 0 Å². The standard InChI is InChI=1S/2C10H9.C2H6Si.ClH.HI.Zr/c2*1-8-6-9-4-2-3-5-10(9)7-8;1-3-2;;;/h2*2-7H,1H3;1-2H3;2*1H;/q2*-1;;;;+2/p-2. The molecule has 0 aromatic heterocycles. The van der Waals surface area contributed by atoms with E-state index in [-0.39, 0.29) is 5.43 Å². The van der Waals surface area contributed by atoms with Gasteiger partial charge < -0.3 is 0 Å². The van der Waals surface area contributed by atoms with Crippen molar-refractivity contribution in [2.24, 2.45) is 0 Å². The Morgan fingerprint density at radius 3 is 1.46 bits per heavy atom. The van der Waals surface area contributed by atoms with Gasteiger partial charge in [0.25, 0.3) is 0 Å². The molecule has 0 radical (unpaired) electrons. The predicted molar refractivity (Wildman–Crippen MR) is 126 cm³/mol. The van der Waals surface area contributed by atoms with E-state index in [9.17, 15) is 0 Å². The Labute approximate surface area is 177 Å². The smallest absolute Gasteiger partial charge is 0.0579 e. The number of aryl methyl sites for hydroxylation is 2. The van der Waals surface area contributed by atoms with Gasteiger partial charge in [0.05, 0.1) is 0 Å². The topological polar surface area (TPSA) is 0 Å². The van der Waals surface area contributed by atoms with Crippen LogP contribution in [0.25, 0.3) is 21.5 Å². The van der Waals surface area contributed by atoms with Crippen molar-refractivity contribution in [3.63, 3.8) is 0 Å².